The predicted molar refractivity (Wildman–Crippen MR) is 91.6 cm³/mol. The molecule has 1 aromatic heterocycles. The molecule has 0 N–H and O–H groups in total. The molecule has 0 saturated carbocycles. The van der Waals surface area contributed by atoms with Gasteiger partial charge in [0.05, 0.1) is 12.3 Å². The topological polar surface area (TPSA) is 48.4 Å². The van der Waals surface area contributed by atoms with Gasteiger partial charge in [0, 0.05) is 12.5 Å². The number of thiazole rings is 1. The van der Waals surface area contributed by atoms with Gasteiger partial charge in [0.15, 0.2) is 0 Å². The highest BCUT2D eigenvalue weighted by Crippen LogP contribution is 2.27. The van der Waals surface area contributed by atoms with Crippen molar-refractivity contribution in [3.63, 3.8) is 0 Å². The Morgan fingerprint density at radius 1 is 1.26 bits per heavy atom. The minimum Gasteiger partial charge on any atom is -0.459 e. The van der Waals surface area contributed by atoms with Crippen LogP contribution in [0.3, 0.4) is 0 Å². The highest BCUT2D eigenvalue weighted by molar-refractivity contribution is 7.09. The zero-order valence-electron chi connectivity index (χ0n) is 14.0. The minimum absolute atomic E-state index is 0.236. The van der Waals surface area contributed by atoms with Crippen LogP contribution >= 0.6 is 11.3 Å². The van der Waals surface area contributed by atoms with Gasteiger partial charge in [0.25, 0.3) is 0 Å². The maximum atomic E-state index is 12.6. The van der Waals surface area contributed by atoms with Crippen molar-refractivity contribution in [2.24, 2.45) is 0 Å². The maximum absolute atomic E-state index is 12.6. The second-order valence-electron chi connectivity index (χ2n) is 6.39. The molecule has 0 fully saturated rings. The average Bonchev–Trinajstić information content (AvgIpc) is 2.92. The van der Waals surface area contributed by atoms with Crippen molar-refractivity contribution in [3.05, 3.63) is 52.0 Å². The second kappa shape index (κ2) is 7.70. The molecule has 5 heteroatoms. The number of aromatic nitrogens is 1. The van der Waals surface area contributed by atoms with Gasteiger partial charge in [-0.15, -0.1) is 11.3 Å². The Bertz CT molecular complexity index is 631. The van der Waals surface area contributed by atoms with Crippen molar-refractivity contribution >= 4 is 17.3 Å². The van der Waals surface area contributed by atoms with Crippen LogP contribution in [0.1, 0.15) is 43.0 Å². The monoisotopic (exact) mass is 333 g/mol. The number of ether oxygens (including phenoxy) is 2. The van der Waals surface area contributed by atoms with Crippen LogP contribution < -0.4 is 0 Å². The molecule has 0 aliphatic carbocycles. The quantitative estimate of drug-likeness (QED) is 0.751. The molecule has 0 aliphatic rings. The highest BCUT2D eigenvalue weighted by atomic mass is 32.1. The number of esters is 1. The lowest BCUT2D eigenvalue weighted by Gasteiger charge is -2.23. The van der Waals surface area contributed by atoms with E-state index >= 15 is 0 Å². The van der Waals surface area contributed by atoms with Gasteiger partial charge >= 0.3 is 5.97 Å². The lowest BCUT2D eigenvalue weighted by atomic mass is 9.99. The molecule has 124 valence electrons. The molecule has 1 heterocycles. The molecule has 1 atom stereocenters. The molecule has 0 saturated heterocycles. The summed E-state index contributed by atoms with van der Waals surface area (Å²) in [6.07, 6.45) is 0.579. The Morgan fingerprint density at radius 3 is 2.57 bits per heavy atom. The minimum atomic E-state index is -0.515. The molecule has 2 aromatic rings. The first-order chi connectivity index (χ1) is 10.9. The van der Waals surface area contributed by atoms with Gasteiger partial charge in [-0.2, -0.15) is 0 Å². The molecule has 0 aliphatic heterocycles. The third-order valence-electron chi connectivity index (χ3n) is 3.13. The van der Waals surface area contributed by atoms with Crippen LogP contribution in [0.5, 0.6) is 0 Å². The van der Waals surface area contributed by atoms with E-state index in [0.29, 0.717) is 13.0 Å². The molecular weight excluding hydrogens is 310 g/mol. The lowest BCUT2D eigenvalue weighted by molar-refractivity contribution is -0.156. The average molecular weight is 333 g/mol. The van der Waals surface area contributed by atoms with Crippen LogP contribution in [0.4, 0.5) is 0 Å². The van der Waals surface area contributed by atoms with Crippen LogP contribution in [-0.4, -0.2) is 23.7 Å². The Labute approximate surface area is 141 Å². The summed E-state index contributed by atoms with van der Waals surface area (Å²) in [7, 11) is 1.63. The van der Waals surface area contributed by atoms with Gasteiger partial charge in [-0.05, 0) is 32.8 Å². The van der Waals surface area contributed by atoms with E-state index in [1.807, 2.05) is 56.5 Å². The number of benzene rings is 1. The van der Waals surface area contributed by atoms with Crippen molar-refractivity contribution in [1.29, 1.82) is 0 Å². The molecule has 4 nitrogen and oxygen atoms in total. The van der Waals surface area contributed by atoms with Gasteiger partial charge in [-0.1, -0.05) is 30.3 Å². The summed E-state index contributed by atoms with van der Waals surface area (Å²) in [4.78, 5) is 17.2. The van der Waals surface area contributed by atoms with Crippen molar-refractivity contribution in [1.82, 2.24) is 4.98 Å². The molecule has 23 heavy (non-hydrogen) atoms. The third-order valence-corrected chi connectivity index (χ3v) is 4.14. The summed E-state index contributed by atoms with van der Waals surface area (Å²) in [5.74, 6) is -0.632. The molecular formula is C18H23NO3S. The van der Waals surface area contributed by atoms with Gasteiger partial charge < -0.3 is 9.47 Å². The van der Waals surface area contributed by atoms with E-state index in [4.69, 9.17) is 9.47 Å². The first-order valence-corrected chi connectivity index (χ1v) is 8.47. The Kier molecular flexibility index (Phi) is 5.91. The molecule has 1 unspecified atom stereocenters. The molecule has 0 bridgehead atoms. The normalized spacial score (nSPS) is 12.9. The maximum Gasteiger partial charge on any atom is 0.316 e. The summed E-state index contributed by atoms with van der Waals surface area (Å²) in [6, 6.07) is 9.94. The van der Waals surface area contributed by atoms with Gasteiger partial charge in [0.2, 0.25) is 0 Å². The summed E-state index contributed by atoms with van der Waals surface area (Å²) >= 11 is 1.48. The van der Waals surface area contributed by atoms with E-state index < -0.39 is 11.5 Å². The largest absolute Gasteiger partial charge is 0.459 e. The van der Waals surface area contributed by atoms with Gasteiger partial charge in [-0.25, -0.2) is 4.98 Å². The molecule has 2 rings (SSSR count). The van der Waals surface area contributed by atoms with Crippen molar-refractivity contribution in [2.75, 3.05) is 7.11 Å². The number of carbonyl (C=O) groups excluding carboxylic acids is 1. The SMILES string of the molecule is COCc1csc(C(Cc2ccccc2)C(=O)OC(C)(C)C)n1. The fourth-order valence-electron chi connectivity index (χ4n) is 2.19. The first-order valence-electron chi connectivity index (χ1n) is 7.59. The molecule has 0 spiro atoms. The Balaban J connectivity index is 2.24. The van der Waals surface area contributed by atoms with Crippen molar-refractivity contribution < 1.29 is 14.3 Å². The number of hydrogen-bond acceptors (Lipinski definition) is 5. The van der Waals surface area contributed by atoms with E-state index in [1.54, 1.807) is 7.11 Å². The fourth-order valence-corrected chi connectivity index (χ4v) is 3.08. The third kappa shape index (κ3) is 5.44. The van der Waals surface area contributed by atoms with Gasteiger partial charge in [-0.3, -0.25) is 4.79 Å². The number of methoxy groups -OCH3 is 1. The summed E-state index contributed by atoms with van der Waals surface area (Å²) < 4.78 is 10.7. The van der Waals surface area contributed by atoms with E-state index in [1.165, 1.54) is 11.3 Å². The van der Waals surface area contributed by atoms with E-state index in [9.17, 15) is 4.79 Å². The summed E-state index contributed by atoms with van der Waals surface area (Å²) in [5, 5.41) is 2.71. The van der Waals surface area contributed by atoms with Crippen LogP contribution in [0.2, 0.25) is 0 Å². The smallest absolute Gasteiger partial charge is 0.316 e. The van der Waals surface area contributed by atoms with Gasteiger partial charge in [0.1, 0.15) is 16.5 Å². The first kappa shape index (κ1) is 17.6. The summed E-state index contributed by atoms with van der Waals surface area (Å²) in [6.45, 7) is 6.08. The lowest BCUT2D eigenvalue weighted by Crippen LogP contribution is -2.28. The van der Waals surface area contributed by atoms with Crippen LogP contribution in [0, 0.1) is 0 Å². The molecule has 0 amide bonds. The highest BCUT2D eigenvalue weighted by Gasteiger charge is 2.29. The zero-order valence-corrected chi connectivity index (χ0v) is 14.9. The Hall–Kier alpha value is -1.72. The van der Waals surface area contributed by atoms with Crippen LogP contribution in [-0.2, 0) is 27.3 Å². The molecule has 1 aromatic carbocycles. The van der Waals surface area contributed by atoms with E-state index in [-0.39, 0.29) is 5.97 Å². The molecule has 0 radical (unpaired) electrons. The standard InChI is InChI=1S/C18H23NO3S/c1-18(2,3)22-17(20)15(10-13-8-6-5-7-9-13)16-19-14(11-21-4)12-23-16/h5-9,12,15H,10-11H2,1-4H3. The van der Waals surface area contributed by atoms with Crippen molar-refractivity contribution in [3.8, 4) is 0 Å². The van der Waals surface area contributed by atoms with Crippen LogP contribution in [0.15, 0.2) is 35.7 Å². The second-order valence-corrected chi connectivity index (χ2v) is 7.28. The van der Waals surface area contributed by atoms with E-state index in [2.05, 4.69) is 4.98 Å². The number of carbonyl (C=O) groups is 1. The number of nitrogens with zero attached hydrogens (tertiary/aromatic N) is 1. The Morgan fingerprint density at radius 2 is 1.96 bits per heavy atom. The van der Waals surface area contributed by atoms with Crippen LogP contribution in [0.25, 0.3) is 0 Å². The van der Waals surface area contributed by atoms with Crippen molar-refractivity contribution in [2.45, 2.75) is 45.3 Å². The predicted octanol–water partition coefficient (Wildman–Crippen LogP) is 3.96. The number of rotatable bonds is 6. The fraction of sp³-hybridized carbons (Fsp3) is 0.444. The number of hydrogen-bond donors (Lipinski definition) is 0. The summed E-state index contributed by atoms with van der Waals surface area (Å²) in [5.41, 5.74) is 1.42. The zero-order chi connectivity index (χ0) is 16.9. The van der Waals surface area contributed by atoms with E-state index in [0.717, 1.165) is 16.3 Å².